The quantitative estimate of drug-likeness (QED) is 0.826. The number of hydrogen-bond donors (Lipinski definition) is 0. The summed E-state index contributed by atoms with van der Waals surface area (Å²) in [4.78, 5) is 11.1. The first-order valence-corrected chi connectivity index (χ1v) is 5.06. The van der Waals surface area contributed by atoms with Gasteiger partial charge >= 0.3 is 0 Å². The number of nitrogens with one attached hydrogen (secondary N) is 1. The normalized spacial score (nSPS) is 10.5. The summed E-state index contributed by atoms with van der Waals surface area (Å²) in [5.41, 5.74) is 6.97. The van der Waals surface area contributed by atoms with Crippen molar-refractivity contribution < 1.29 is 13.7 Å². The fraction of sp³-hybridized carbons (Fsp3) is 0.0909. The van der Waals surface area contributed by atoms with Crippen molar-refractivity contribution >= 4 is 17.5 Å². The first kappa shape index (κ1) is 11.6. The Bertz CT molecular complexity index is 575. The number of carbonyl (C=O) groups is 1. The van der Waals surface area contributed by atoms with E-state index in [9.17, 15) is 9.18 Å². The maximum Gasteiger partial charge on any atom is 0.275 e. The number of carbonyl (C=O) groups excluding carboxylic acids is 1. The lowest BCUT2D eigenvalue weighted by atomic mass is 10.1. The van der Waals surface area contributed by atoms with Crippen LogP contribution in [-0.2, 0) is 0 Å². The van der Waals surface area contributed by atoms with Crippen LogP contribution in [0.1, 0.15) is 16.1 Å². The summed E-state index contributed by atoms with van der Waals surface area (Å²) in [6.07, 6.45) is 0. The van der Waals surface area contributed by atoms with E-state index in [1.807, 2.05) is 0 Å². The van der Waals surface area contributed by atoms with Crippen LogP contribution in [0.3, 0.4) is 0 Å². The molecule has 0 unspecified atom stereocenters. The largest absolute Gasteiger partial charge is 0.360 e. The molecular formula is C11H7ClFN2O2. The summed E-state index contributed by atoms with van der Waals surface area (Å²) in [6.45, 7) is 1.48. The molecule has 0 saturated heterocycles. The highest BCUT2D eigenvalue weighted by Crippen LogP contribution is 2.33. The summed E-state index contributed by atoms with van der Waals surface area (Å²) in [5, 5.41) is 3.70. The van der Waals surface area contributed by atoms with Crippen molar-refractivity contribution in [2.45, 2.75) is 6.92 Å². The minimum absolute atomic E-state index is 0.0263. The van der Waals surface area contributed by atoms with Gasteiger partial charge in [0.2, 0.25) is 0 Å². The lowest BCUT2D eigenvalue weighted by Gasteiger charge is -2.02. The highest BCUT2D eigenvalue weighted by Gasteiger charge is 2.23. The van der Waals surface area contributed by atoms with Crippen LogP contribution in [-0.4, -0.2) is 11.1 Å². The Morgan fingerprint density at radius 1 is 1.53 bits per heavy atom. The first-order chi connectivity index (χ1) is 8.02. The summed E-state index contributed by atoms with van der Waals surface area (Å²) in [6, 6.07) is 4.11. The Hall–Kier alpha value is -1.88. The number of aromatic nitrogens is 1. The van der Waals surface area contributed by atoms with Crippen LogP contribution in [0.15, 0.2) is 22.7 Å². The Kier molecular flexibility index (Phi) is 2.85. The van der Waals surface area contributed by atoms with Crippen molar-refractivity contribution in [2.24, 2.45) is 0 Å². The van der Waals surface area contributed by atoms with Gasteiger partial charge in [0.25, 0.3) is 5.91 Å². The third kappa shape index (κ3) is 1.89. The van der Waals surface area contributed by atoms with E-state index in [0.29, 0.717) is 0 Å². The van der Waals surface area contributed by atoms with Crippen LogP contribution < -0.4 is 5.73 Å². The Balaban J connectivity index is 2.73. The number of rotatable bonds is 2. The second-order valence-electron chi connectivity index (χ2n) is 3.39. The SMILES string of the molecule is Cc1onc(-c2c(F)cccc2Cl)c1C([NH])=O. The first-order valence-electron chi connectivity index (χ1n) is 4.69. The molecule has 1 aromatic carbocycles. The van der Waals surface area contributed by atoms with Gasteiger partial charge in [-0.1, -0.05) is 22.8 Å². The average Bonchev–Trinajstić information content (AvgIpc) is 2.60. The molecule has 1 N–H and O–H groups in total. The van der Waals surface area contributed by atoms with Gasteiger partial charge in [0.15, 0.2) is 0 Å². The van der Waals surface area contributed by atoms with Crippen molar-refractivity contribution in [1.29, 1.82) is 0 Å². The van der Waals surface area contributed by atoms with Crippen LogP contribution in [0.2, 0.25) is 5.02 Å². The molecule has 87 valence electrons. The van der Waals surface area contributed by atoms with E-state index in [4.69, 9.17) is 21.9 Å². The minimum Gasteiger partial charge on any atom is -0.360 e. The monoisotopic (exact) mass is 253 g/mol. The summed E-state index contributed by atoms with van der Waals surface area (Å²) in [7, 11) is 0. The third-order valence-electron chi connectivity index (χ3n) is 2.29. The van der Waals surface area contributed by atoms with Gasteiger partial charge in [0.05, 0.1) is 10.6 Å². The van der Waals surface area contributed by atoms with Crippen molar-refractivity contribution in [3.63, 3.8) is 0 Å². The third-order valence-corrected chi connectivity index (χ3v) is 2.60. The fourth-order valence-electron chi connectivity index (χ4n) is 1.53. The van der Waals surface area contributed by atoms with Gasteiger partial charge in [-0.3, -0.25) is 10.5 Å². The average molecular weight is 254 g/mol. The summed E-state index contributed by atoms with van der Waals surface area (Å²) in [5.74, 6) is -1.44. The molecule has 2 rings (SSSR count). The standard InChI is InChI=1S/C11H7ClFN2O2/c1-5-8(11(14)16)10(15-17-5)9-6(12)3-2-4-7(9)13/h2-4,14H,1H3. The maximum atomic E-state index is 13.7. The Labute approximate surface area is 101 Å². The molecule has 0 aliphatic rings. The van der Waals surface area contributed by atoms with E-state index in [1.54, 1.807) is 0 Å². The number of amides is 1. The molecule has 0 atom stereocenters. The smallest absolute Gasteiger partial charge is 0.275 e. The van der Waals surface area contributed by atoms with Gasteiger partial charge in [-0.05, 0) is 19.1 Å². The molecule has 0 aliphatic carbocycles. The van der Waals surface area contributed by atoms with Crippen molar-refractivity contribution in [3.8, 4) is 11.3 Å². The van der Waals surface area contributed by atoms with Gasteiger partial charge < -0.3 is 4.52 Å². The topological polar surface area (TPSA) is 66.9 Å². The number of halogens is 2. The molecule has 0 saturated carbocycles. The van der Waals surface area contributed by atoms with Crippen molar-refractivity contribution in [3.05, 3.63) is 40.4 Å². The predicted octanol–water partition coefficient (Wildman–Crippen LogP) is 2.87. The second-order valence-corrected chi connectivity index (χ2v) is 3.80. The fourth-order valence-corrected chi connectivity index (χ4v) is 1.79. The maximum absolute atomic E-state index is 13.7. The molecular weight excluding hydrogens is 247 g/mol. The Morgan fingerprint density at radius 2 is 2.24 bits per heavy atom. The molecule has 1 radical (unpaired) electrons. The zero-order chi connectivity index (χ0) is 12.6. The van der Waals surface area contributed by atoms with E-state index < -0.39 is 11.7 Å². The highest BCUT2D eigenvalue weighted by molar-refractivity contribution is 6.33. The Morgan fingerprint density at radius 3 is 2.82 bits per heavy atom. The van der Waals surface area contributed by atoms with Gasteiger partial charge in [-0.2, -0.15) is 0 Å². The molecule has 0 bridgehead atoms. The van der Waals surface area contributed by atoms with Crippen LogP contribution in [0.4, 0.5) is 4.39 Å². The zero-order valence-electron chi connectivity index (χ0n) is 8.75. The van der Waals surface area contributed by atoms with Crippen molar-refractivity contribution in [1.82, 2.24) is 10.9 Å². The second kappa shape index (κ2) is 4.18. The molecule has 1 amide bonds. The van der Waals surface area contributed by atoms with E-state index in [0.717, 1.165) is 0 Å². The molecule has 17 heavy (non-hydrogen) atoms. The molecule has 4 nitrogen and oxygen atoms in total. The van der Waals surface area contributed by atoms with E-state index in [1.165, 1.54) is 25.1 Å². The molecule has 1 aromatic heterocycles. The zero-order valence-corrected chi connectivity index (χ0v) is 9.51. The van der Waals surface area contributed by atoms with Crippen LogP contribution in [0.5, 0.6) is 0 Å². The lowest BCUT2D eigenvalue weighted by molar-refractivity contribution is 0.0991. The molecule has 0 aliphatic heterocycles. The van der Waals surface area contributed by atoms with Crippen LogP contribution in [0, 0.1) is 12.7 Å². The number of nitrogens with zero attached hydrogens (tertiary/aromatic N) is 1. The summed E-state index contributed by atoms with van der Waals surface area (Å²) < 4.78 is 18.5. The van der Waals surface area contributed by atoms with E-state index in [2.05, 4.69) is 5.16 Å². The molecule has 0 spiro atoms. The number of aryl methyl sites for hydroxylation is 1. The van der Waals surface area contributed by atoms with E-state index >= 15 is 0 Å². The number of hydrogen-bond acceptors (Lipinski definition) is 3. The van der Waals surface area contributed by atoms with Gasteiger partial charge in [0, 0.05) is 0 Å². The van der Waals surface area contributed by atoms with Gasteiger partial charge in [-0.25, -0.2) is 4.39 Å². The molecule has 1 heterocycles. The van der Waals surface area contributed by atoms with E-state index in [-0.39, 0.29) is 27.6 Å². The van der Waals surface area contributed by atoms with Gasteiger partial charge in [-0.15, -0.1) is 0 Å². The predicted molar refractivity (Wildman–Crippen MR) is 59.1 cm³/mol. The highest BCUT2D eigenvalue weighted by atomic mass is 35.5. The summed E-state index contributed by atoms with van der Waals surface area (Å²) >= 11 is 5.86. The minimum atomic E-state index is -0.988. The van der Waals surface area contributed by atoms with Gasteiger partial charge in [0.1, 0.15) is 22.8 Å². The molecule has 0 fully saturated rings. The molecule has 6 heteroatoms. The molecule has 2 aromatic rings. The number of benzene rings is 1. The van der Waals surface area contributed by atoms with Crippen LogP contribution in [0.25, 0.3) is 11.3 Å². The van der Waals surface area contributed by atoms with Crippen molar-refractivity contribution in [2.75, 3.05) is 0 Å². The van der Waals surface area contributed by atoms with Crippen LogP contribution >= 0.6 is 11.6 Å². The lowest BCUT2D eigenvalue weighted by Crippen LogP contribution is -2.02.